The van der Waals surface area contributed by atoms with Crippen LogP contribution in [0.2, 0.25) is 0 Å². The summed E-state index contributed by atoms with van der Waals surface area (Å²) in [7, 11) is 1.63. The molecule has 3 N–H and O–H groups in total. The number of aromatic nitrogens is 1. The van der Waals surface area contributed by atoms with Crippen LogP contribution < -0.4 is 11.5 Å². The number of carbonyl (C=O) groups is 1. The largest absolute Gasteiger partial charge is 0.481 e. The molecule has 0 bridgehead atoms. The Bertz CT molecular complexity index is 671. The standard InChI is InChI=1S/C13H16N2O4/c1-7(5-11(16)17)12(14)8-3-4-9-10(6-8)19-13(18)15(9)2/h3-4,6-7,12H,5,14H2,1-2H3,(H,16,17). The van der Waals surface area contributed by atoms with Crippen molar-refractivity contribution in [2.45, 2.75) is 19.4 Å². The van der Waals surface area contributed by atoms with E-state index in [1.807, 2.05) is 0 Å². The molecule has 1 aromatic heterocycles. The number of benzene rings is 1. The summed E-state index contributed by atoms with van der Waals surface area (Å²) in [6.45, 7) is 1.78. The molecule has 0 radical (unpaired) electrons. The van der Waals surface area contributed by atoms with Crippen molar-refractivity contribution in [3.8, 4) is 0 Å². The number of hydrogen-bond acceptors (Lipinski definition) is 4. The second-order valence-corrected chi connectivity index (χ2v) is 4.76. The van der Waals surface area contributed by atoms with Crippen molar-refractivity contribution in [1.82, 2.24) is 4.57 Å². The maximum Gasteiger partial charge on any atom is 0.419 e. The van der Waals surface area contributed by atoms with Gasteiger partial charge in [-0.1, -0.05) is 13.0 Å². The van der Waals surface area contributed by atoms with E-state index >= 15 is 0 Å². The topological polar surface area (TPSA) is 98.5 Å². The first-order valence-electron chi connectivity index (χ1n) is 5.97. The summed E-state index contributed by atoms with van der Waals surface area (Å²) in [5.41, 5.74) is 7.94. The summed E-state index contributed by atoms with van der Waals surface area (Å²) >= 11 is 0. The fourth-order valence-corrected chi connectivity index (χ4v) is 2.09. The molecule has 2 rings (SSSR count). The van der Waals surface area contributed by atoms with Gasteiger partial charge in [0.05, 0.1) is 5.52 Å². The Morgan fingerprint density at radius 1 is 1.53 bits per heavy atom. The molecule has 0 spiro atoms. The highest BCUT2D eigenvalue weighted by molar-refractivity contribution is 5.74. The third-order valence-electron chi connectivity index (χ3n) is 3.31. The third kappa shape index (κ3) is 2.53. The number of rotatable bonds is 4. The minimum atomic E-state index is -0.879. The number of fused-ring (bicyclic) bond motifs is 1. The van der Waals surface area contributed by atoms with Gasteiger partial charge in [0.15, 0.2) is 5.58 Å². The van der Waals surface area contributed by atoms with Gasteiger partial charge in [-0.05, 0) is 23.6 Å². The highest BCUT2D eigenvalue weighted by atomic mass is 16.4. The molecule has 6 heteroatoms. The highest BCUT2D eigenvalue weighted by Gasteiger charge is 2.19. The highest BCUT2D eigenvalue weighted by Crippen LogP contribution is 2.25. The fourth-order valence-electron chi connectivity index (χ4n) is 2.09. The van der Waals surface area contributed by atoms with E-state index in [1.54, 1.807) is 32.2 Å². The number of carboxylic acid groups (broad SMARTS) is 1. The van der Waals surface area contributed by atoms with E-state index in [0.29, 0.717) is 11.1 Å². The van der Waals surface area contributed by atoms with Gasteiger partial charge in [-0.15, -0.1) is 0 Å². The van der Waals surface area contributed by atoms with Crippen molar-refractivity contribution >= 4 is 17.1 Å². The minimum Gasteiger partial charge on any atom is -0.481 e. The predicted octanol–water partition coefficient (Wildman–Crippen LogP) is 1.24. The van der Waals surface area contributed by atoms with Crippen LogP contribution >= 0.6 is 0 Å². The average Bonchev–Trinajstić information content (AvgIpc) is 2.63. The van der Waals surface area contributed by atoms with E-state index in [-0.39, 0.29) is 12.3 Å². The number of aryl methyl sites for hydroxylation is 1. The molecule has 0 aliphatic rings. The Balaban J connectivity index is 2.35. The maximum atomic E-state index is 11.4. The minimum absolute atomic E-state index is 0.00204. The van der Waals surface area contributed by atoms with Crippen LogP contribution in [0.25, 0.3) is 11.1 Å². The Kier molecular flexibility index (Phi) is 3.44. The van der Waals surface area contributed by atoms with Crippen LogP contribution in [0.1, 0.15) is 24.9 Å². The monoisotopic (exact) mass is 264 g/mol. The van der Waals surface area contributed by atoms with Gasteiger partial charge in [0.25, 0.3) is 0 Å². The normalized spacial score (nSPS) is 14.5. The number of oxazole rings is 1. The molecule has 102 valence electrons. The van der Waals surface area contributed by atoms with Crippen LogP contribution in [0.3, 0.4) is 0 Å². The van der Waals surface area contributed by atoms with E-state index in [4.69, 9.17) is 15.3 Å². The van der Waals surface area contributed by atoms with Gasteiger partial charge in [0.1, 0.15) is 0 Å². The van der Waals surface area contributed by atoms with Crippen LogP contribution in [-0.4, -0.2) is 15.6 Å². The fraction of sp³-hybridized carbons (Fsp3) is 0.385. The van der Waals surface area contributed by atoms with E-state index in [0.717, 1.165) is 5.56 Å². The first-order chi connectivity index (χ1) is 8.90. The number of nitrogens with zero attached hydrogens (tertiary/aromatic N) is 1. The lowest BCUT2D eigenvalue weighted by atomic mass is 9.92. The molecule has 2 atom stereocenters. The molecule has 0 saturated heterocycles. The second-order valence-electron chi connectivity index (χ2n) is 4.76. The third-order valence-corrected chi connectivity index (χ3v) is 3.31. The molecular weight excluding hydrogens is 248 g/mol. The Morgan fingerprint density at radius 2 is 2.21 bits per heavy atom. The molecule has 0 amide bonds. The average molecular weight is 264 g/mol. The van der Waals surface area contributed by atoms with Crippen LogP contribution in [0.4, 0.5) is 0 Å². The quantitative estimate of drug-likeness (QED) is 0.865. The predicted molar refractivity (Wildman–Crippen MR) is 69.8 cm³/mol. The van der Waals surface area contributed by atoms with Gasteiger partial charge in [0, 0.05) is 19.5 Å². The molecule has 0 fully saturated rings. The molecule has 19 heavy (non-hydrogen) atoms. The van der Waals surface area contributed by atoms with Gasteiger partial charge in [-0.3, -0.25) is 9.36 Å². The molecule has 6 nitrogen and oxygen atoms in total. The molecule has 2 aromatic rings. The zero-order valence-electron chi connectivity index (χ0n) is 10.8. The van der Waals surface area contributed by atoms with Crippen LogP contribution in [0, 0.1) is 5.92 Å². The van der Waals surface area contributed by atoms with Crippen LogP contribution in [0.15, 0.2) is 27.4 Å². The number of carboxylic acids is 1. The molecule has 0 saturated carbocycles. The Morgan fingerprint density at radius 3 is 2.84 bits per heavy atom. The van der Waals surface area contributed by atoms with E-state index < -0.39 is 17.8 Å². The first-order valence-corrected chi connectivity index (χ1v) is 5.97. The second kappa shape index (κ2) is 4.89. The van der Waals surface area contributed by atoms with Gasteiger partial charge < -0.3 is 15.3 Å². The lowest BCUT2D eigenvalue weighted by Gasteiger charge is -2.18. The summed E-state index contributed by atoms with van der Waals surface area (Å²) in [5.74, 6) is -1.51. The van der Waals surface area contributed by atoms with Crippen molar-refractivity contribution in [2.24, 2.45) is 18.7 Å². The lowest BCUT2D eigenvalue weighted by Crippen LogP contribution is -2.21. The first kappa shape index (κ1) is 13.4. The summed E-state index contributed by atoms with van der Waals surface area (Å²) in [6, 6.07) is 4.83. The smallest absolute Gasteiger partial charge is 0.419 e. The molecule has 1 aromatic carbocycles. The molecular formula is C13H16N2O4. The van der Waals surface area contributed by atoms with Crippen molar-refractivity contribution < 1.29 is 14.3 Å². The Hall–Kier alpha value is -2.08. The zero-order valence-corrected chi connectivity index (χ0v) is 10.8. The van der Waals surface area contributed by atoms with E-state index in [9.17, 15) is 9.59 Å². The van der Waals surface area contributed by atoms with Crippen molar-refractivity contribution in [2.75, 3.05) is 0 Å². The SMILES string of the molecule is CC(CC(=O)O)C(N)c1ccc2c(c1)oc(=O)n2C. The van der Waals surface area contributed by atoms with Gasteiger partial charge >= 0.3 is 11.7 Å². The maximum absolute atomic E-state index is 11.4. The van der Waals surface area contributed by atoms with E-state index in [1.165, 1.54) is 4.57 Å². The van der Waals surface area contributed by atoms with Crippen LogP contribution in [-0.2, 0) is 11.8 Å². The van der Waals surface area contributed by atoms with Gasteiger partial charge in [-0.25, -0.2) is 4.79 Å². The van der Waals surface area contributed by atoms with Crippen molar-refractivity contribution in [3.05, 3.63) is 34.3 Å². The lowest BCUT2D eigenvalue weighted by molar-refractivity contribution is -0.138. The number of nitrogens with two attached hydrogens (primary N) is 1. The molecule has 0 aliphatic carbocycles. The van der Waals surface area contributed by atoms with Gasteiger partial charge in [0.2, 0.25) is 0 Å². The van der Waals surface area contributed by atoms with Gasteiger partial charge in [-0.2, -0.15) is 0 Å². The zero-order chi connectivity index (χ0) is 14.2. The molecule has 2 unspecified atom stereocenters. The van der Waals surface area contributed by atoms with Crippen molar-refractivity contribution in [1.29, 1.82) is 0 Å². The Labute approximate surface area is 109 Å². The van der Waals surface area contributed by atoms with E-state index in [2.05, 4.69) is 0 Å². The summed E-state index contributed by atoms with van der Waals surface area (Å²) in [6.07, 6.45) is -0.00204. The summed E-state index contributed by atoms with van der Waals surface area (Å²) < 4.78 is 6.49. The van der Waals surface area contributed by atoms with Crippen LogP contribution in [0.5, 0.6) is 0 Å². The molecule has 0 aliphatic heterocycles. The molecule has 1 heterocycles. The number of aliphatic carboxylic acids is 1. The number of hydrogen-bond donors (Lipinski definition) is 2. The summed E-state index contributed by atoms with van der Waals surface area (Å²) in [5, 5.41) is 8.77. The summed E-state index contributed by atoms with van der Waals surface area (Å²) in [4.78, 5) is 22.1. The van der Waals surface area contributed by atoms with Crippen molar-refractivity contribution in [3.63, 3.8) is 0 Å².